The molecule has 0 aromatic carbocycles. The molecule has 120 valence electrons. The highest BCUT2D eigenvalue weighted by atomic mass is 79.9. The number of urea groups is 1. The first-order valence-corrected chi connectivity index (χ1v) is 9.12. The first kappa shape index (κ1) is 15.8. The molecule has 1 aromatic heterocycles. The number of carboxylic acid groups (broad SMARTS) is 1. The number of rotatable bonds is 4. The Balaban J connectivity index is 1.57. The molecule has 2 N–H and O–H groups in total. The third kappa shape index (κ3) is 3.01. The molecule has 2 heterocycles. The Bertz CT molecular complexity index is 585. The number of aliphatic carboxylic acids is 1. The summed E-state index contributed by atoms with van der Waals surface area (Å²) in [7, 11) is 0. The second-order valence-electron chi connectivity index (χ2n) is 6.17. The number of carboxylic acids is 1. The molecule has 1 aliphatic heterocycles. The Morgan fingerprint density at radius 1 is 1.45 bits per heavy atom. The number of amides is 2. The number of hydrogen-bond acceptors (Lipinski definition) is 3. The maximum atomic E-state index is 12.3. The van der Waals surface area contributed by atoms with Gasteiger partial charge in [0, 0.05) is 29.9 Å². The fourth-order valence-electron chi connectivity index (χ4n) is 3.22. The quantitative estimate of drug-likeness (QED) is 0.835. The molecule has 1 aromatic rings. The van der Waals surface area contributed by atoms with E-state index >= 15 is 0 Å². The Morgan fingerprint density at radius 3 is 2.73 bits per heavy atom. The van der Waals surface area contributed by atoms with E-state index in [-0.39, 0.29) is 11.4 Å². The monoisotopic (exact) mass is 386 g/mol. The first-order valence-electron chi connectivity index (χ1n) is 7.52. The van der Waals surface area contributed by atoms with Gasteiger partial charge in [0.1, 0.15) is 0 Å². The van der Waals surface area contributed by atoms with Crippen molar-refractivity contribution in [3.8, 4) is 0 Å². The highest BCUT2D eigenvalue weighted by Crippen LogP contribution is 2.46. The van der Waals surface area contributed by atoms with Gasteiger partial charge in [0.25, 0.3) is 0 Å². The molecule has 5 nitrogen and oxygen atoms in total. The van der Waals surface area contributed by atoms with Crippen molar-refractivity contribution in [1.82, 2.24) is 10.2 Å². The SMILES string of the molecule is O=C(O)C1CCN(C(=O)NCC2(c3ccc(Br)s3)CCC2)C1. The molecule has 1 unspecified atom stereocenters. The Morgan fingerprint density at radius 2 is 2.23 bits per heavy atom. The molecule has 0 spiro atoms. The Labute approximate surface area is 141 Å². The molecule has 1 atom stereocenters. The lowest BCUT2D eigenvalue weighted by Crippen LogP contribution is -2.48. The van der Waals surface area contributed by atoms with Gasteiger partial charge >= 0.3 is 12.0 Å². The second-order valence-corrected chi connectivity index (χ2v) is 8.63. The average molecular weight is 387 g/mol. The van der Waals surface area contributed by atoms with Crippen molar-refractivity contribution in [2.24, 2.45) is 5.92 Å². The van der Waals surface area contributed by atoms with Crippen molar-refractivity contribution in [1.29, 1.82) is 0 Å². The van der Waals surface area contributed by atoms with E-state index in [1.807, 2.05) is 0 Å². The number of carbonyl (C=O) groups is 2. The average Bonchev–Trinajstić information content (AvgIpc) is 3.06. The zero-order valence-electron chi connectivity index (χ0n) is 12.2. The van der Waals surface area contributed by atoms with Crippen LogP contribution in [0.2, 0.25) is 0 Å². The summed E-state index contributed by atoms with van der Waals surface area (Å²) >= 11 is 5.23. The molecule has 7 heteroatoms. The third-order valence-electron chi connectivity index (χ3n) is 4.81. The van der Waals surface area contributed by atoms with E-state index in [1.54, 1.807) is 16.2 Å². The van der Waals surface area contributed by atoms with E-state index in [9.17, 15) is 9.59 Å². The van der Waals surface area contributed by atoms with Gasteiger partial charge in [-0.2, -0.15) is 0 Å². The molecule has 2 fully saturated rings. The molecule has 1 saturated carbocycles. The Kier molecular flexibility index (Phi) is 4.45. The summed E-state index contributed by atoms with van der Waals surface area (Å²) in [6.45, 7) is 1.48. The zero-order valence-corrected chi connectivity index (χ0v) is 14.6. The maximum absolute atomic E-state index is 12.3. The topological polar surface area (TPSA) is 69.6 Å². The lowest BCUT2D eigenvalue weighted by molar-refractivity contribution is -0.141. The molecular weight excluding hydrogens is 368 g/mol. The van der Waals surface area contributed by atoms with Crippen LogP contribution < -0.4 is 5.32 Å². The summed E-state index contributed by atoms with van der Waals surface area (Å²) < 4.78 is 1.11. The molecular formula is C15H19BrN2O3S. The minimum Gasteiger partial charge on any atom is -0.481 e. The van der Waals surface area contributed by atoms with Crippen molar-refractivity contribution in [2.45, 2.75) is 31.1 Å². The van der Waals surface area contributed by atoms with Gasteiger partial charge in [-0.15, -0.1) is 11.3 Å². The maximum Gasteiger partial charge on any atom is 0.317 e. The van der Waals surface area contributed by atoms with Crippen molar-refractivity contribution in [2.75, 3.05) is 19.6 Å². The Hall–Kier alpha value is -1.08. The van der Waals surface area contributed by atoms with Crippen LogP contribution in [0.5, 0.6) is 0 Å². The van der Waals surface area contributed by atoms with Gasteiger partial charge in [0.2, 0.25) is 0 Å². The van der Waals surface area contributed by atoms with Crippen molar-refractivity contribution < 1.29 is 14.7 Å². The lowest BCUT2D eigenvalue weighted by atomic mass is 9.68. The lowest BCUT2D eigenvalue weighted by Gasteiger charge is -2.41. The van der Waals surface area contributed by atoms with Crippen molar-refractivity contribution in [3.05, 3.63) is 20.8 Å². The smallest absolute Gasteiger partial charge is 0.317 e. The number of nitrogens with zero attached hydrogens (tertiary/aromatic N) is 1. The van der Waals surface area contributed by atoms with E-state index in [2.05, 4.69) is 33.4 Å². The van der Waals surface area contributed by atoms with Gasteiger partial charge < -0.3 is 15.3 Å². The normalized spacial score (nSPS) is 23.1. The molecule has 0 radical (unpaired) electrons. The fourth-order valence-corrected chi connectivity index (χ4v) is 4.85. The van der Waals surface area contributed by atoms with Gasteiger partial charge in [-0.1, -0.05) is 6.42 Å². The predicted molar refractivity (Wildman–Crippen MR) is 88.3 cm³/mol. The van der Waals surface area contributed by atoms with Gasteiger partial charge in [0.05, 0.1) is 9.70 Å². The zero-order chi connectivity index (χ0) is 15.7. The van der Waals surface area contributed by atoms with Crippen LogP contribution in [0.1, 0.15) is 30.6 Å². The number of nitrogens with one attached hydrogen (secondary N) is 1. The van der Waals surface area contributed by atoms with E-state index in [4.69, 9.17) is 5.11 Å². The summed E-state index contributed by atoms with van der Waals surface area (Å²) in [6.07, 6.45) is 3.93. The molecule has 1 saturated heterocycles. The molecule has 0 bridgehead atoms. The van der Waals surface area contributed by atoms with Crippen LogP contribution >= 0.6 is 27.3 Å². The summed E-state index contributed by atoms with van der Waals surface area (Å²) in [5.41, 5.74) is 0.0677. The summed E-state index contributed by atoms with van der Waals surface area (Å²) in [6, 6.07) is 4.06. The standard InChI is InChI=1S/C15H19BrN2O3S/c16-12-3-2-11(22-12)15(5-1-6-15)9-17-14(21)18-7-4-10(8-18)13(19)20/h2-3,10H,1,4-9H2,(H,17,21)(H,19,20). The molecule has 1 aliphatic carbocycles. The molecule has 2 amide bonds. The first-order chi connectivity index (χ1) is 10.5. The van der Waals surface area contributed by atoms with Crippen molar-refractivity contribution in [3.63, 3.8) is 0 Å². The number of carbonyl (C=O) groups excluding carboxylic acids is 1. The van der Waals surface area contributed by atoms with Crippen LogP contribution in [0, 0.1) is 5.92 Å². The number of halogens is 1. The minimum atomic E-state index is -0.811. The van der Waals surface area contributed by atoms with E-state index in [0.717, 1.165) is 16.6 Å². The number of hydrogen-bond donors (Lipinski definition) is 2. The highest BCUT2D eigenvalue weighted by Gasteiger charge is 2.40. The minimum absolute atomic E-state index is 0.0677. The van der Waals surface area contributed by atoms with Crippen LogP contribution in [0.4, 0.5) is 4.79 Å². The van der Waals surface area contributed by atoms with Crippen LogP contribution in [0.15, 0.2) is 15.9 Å². The fraction of sp³-hybridized carbons (Fsp3) is 0.600. The van der Waals surface area contributed by atoms with Crippen molar-refractivity contribution >= 4 is 39.3 Å². The largest absolute Gasteiger partial charge is 0.481 e. The van der Waals surface area contributed by atoms with Gasteiger partial charge in [-0.05, 0) is 47.3 Å². The van der Waals surface area contributed by atoms with E-state index in [1.165, 1.54) is 11.3 Å². The molecule has 2 aliphatic rings. The summed E-state index contributed by atoms with van der Waals surface area (Å²) in [4.78, 5) is 26.2. The van der Waals surface area contributed by atoms with Crippen LogP contribution in [0.3, 0.4) is 0 Å². The summed E-state index contributed by atoms with van der Waals surface area (Å²) in [5.74, 6) is -1.23. The number of likely N-dealkylation sites (tertiary alicyclic amines) is 1. The van der Waals surface area contributed by atoms with E-state index < -0.39 is 11.9 Å². The third-order valence-corrected chi connectivity index (χ3v) is 6.68. The van der Waals surface area contributed by atoms with Gasteiger partial charge in [-0.25, -0.2) is 4.79 Å². The van der Waals surface area contributed by atoms with Crippen LogP contribution in [-0.2, 0) is 10.2 Å². The molecule has 3 rings (SSSR count). The highest BCUT2D eigenvalue weighted by molar-refractivity contribution is 9.11. The van der Waals surface area contributed by atoms with Gasteiger partial charge in [0.15, 0.2) is 0 Å². The van der Waals surface area contributed by atoms with E-state index in [0.29, 0.717) is 26.1 Å². The predicted octanol–water partition coefficient (Wildman–Crippen LogP) is 3.05. The second kappa shape index (κ2) is 6.20. The van der Waals surface area contributed by atoms with Gasteiger partial charge in [-0.3, -0.25) is 4.79 Å². The number of thiophene rings is 1. The van der Waals surface area contributed by atoms with Crippen LogP contribution in [-0.4, -0.2) is 41.6 Å². The summed E-state index contributed by atoms with van der Waals surface area (Å²) in [5, 5.41) is 12.0. The van der Waals surface area contributed by atoms with Crippen LogP contribution in [0.25, 0.3) is 0 Å². The molecule has 22 heavy (non-hydrogen) atoms.